The van der Waals surface area contributed by atoms with Gasteiger partial charge in [0.15, 0.2) is 11.6 Å². The molecule has 0 aliphatic carbocycles. The fourth-order valence-electron chi connectivity index (χ4n) is 2.43. The van der Waals surface area contributed by atoms with E-state index in [4.69, 9.17) is 15.2 Å². The van der Waals surface area contributed by atoms with E-state index >= 15 is 0 Å². The summed E-state index contributed by atoms with van der Waals surface area (Å²) in [4.78, 5) is 0. The summed E-state index contributed by atoms with van der Waals surface area (Å²) in [5.74, 6) is 0.510. The molecule has 4 heteroatoms. The van der Waals surface area contributed by atoms with Gasteiger partial charge in [-0.3, -0.25) is 0 Å². The second-order valence-corrected chi connectivity index (χ2v) is 4.86. The molecule has 0 aromatic heterocycles. The highest BCUT2D eigenvalue weighted by Crippen LogP contribution is 2.23. The van der Waals surface area contributed by atoms with Crippen LogP contribution in [0.3, 0.4) is 0 Å². The van der Waals surface area contributed by atoms with E-state index in [1.54, 1.807) is 18.2 Å². The van der Waals surface area contributed by atoms with Crippen molar-refractivity contribution in [3.63, 3.8) is 0 Å². The lowest BCUT2D eigenvalue weighted by atomic mass is 9.95. The zero-order chi connectivity index (χ0) is 13.0. The first kappa shape index (κ1) is 13.3. The van der Waals surface area contributed by atoms with Gasteiger partial charge in [0.1, 0.15) is 0 Å². The second-order valence-electron chi connectivity index (χ2n) is 4.86. The molecule has 1 saturated heterocycles. The fourth-order valence-corrected chi connectivity index (χ4v) is 2.43. The van der Waals surface area contributed by atoms with Gasteiger partial charge >= 0.3 is 0 Å². The lowest BCUT2D eigenvalue weighted by Crippen LogP contribution is -2.26. The third kappa shape index (κ3) is 3.21. The summed E-state index contributed by atoms with van der Waals surface area (Å²) in [5, 5.41) is 0. The van der Waals surface area contributed by atoms with Crippen molar-refractivity contribution in [2.45, 2.75) is 25.3 Å². The SMILES string of the molecule is COc1cccc(CC(N)CC2CCOC2)c1F. The van der Waals surface area contributed by atoms with Crippen LogP contribution in [0, 0.1) is 11.7 Å². The minimum Gasteiger partial charge on any atom is -0.494 e. The molecule has 2 N–H and O–H groups in total. The summed E-state index contributed by atoms with van der Waals surface area (Å²) in [6.45, 7) is 1.61. The van der Waals surface area contributed by atoms with Gasteiger partial charge in [0.25, 0.3) is 0 Å². The third-order valence-corrected chi connectivity index (χ3v) is 3.41. The quantitative estimate of drug-likeness (QED) is 0.874. The van der Waals surface area contributed by atoms with Gasteiger partial charge in [-0.05, 0) is 36.8 Å². The van der Waals surface area contributed by atoms with Crippen LogP contribution in [-0.2, 0) is 11.2 Å². The molecule has 0 bridgehead atoms. The zero-order valence-electron chi connectivity index (χ0n) is 10.7. The van der Waals surface area contributed by atoms with Crippen molar-refractivity contribution in [2.24, 2.45) is 11.7 Å². The van der Waals surface area contributed by atoms with Crippen LogP contribution in [0.15, 0.2) is 18.2 Å². The van der Waals surface area contributed by atoms with Crippen LogP contribution in [0.1, 0.15) is 18.4 Å². The molecule has 2 unspecified atom stereocenters. The van der Waals surface area contributed by atoms with Crippen molar-refractivity contribution in [1.82, 2.24) is 0 Å². The van der Waals surface area contributed by atoms with Gasteiger partial charge in [-0.15, -0.1) is 0 Å². The van der Waals surface area contributed by atoms with Crippen LogP contribution >= 0.6 is 0 Å². The Morgan fingerprint density at radius 3 is 3.06 bits per heavy atom. The Bertz CT molecular complexity index is 391. The molecule has 0 spiro atoms. The molecule has 2 rings (SSSR count). The van der Waals surface area contributed by atoms with Crippen molar-refractivity contribution >= 4 is 0 Å². The van der Waals surface area contributed by atoms with E-state index in [9.17, 15) is 4.39 Å². The molecule has 0 saturated carbocycles. The molecule has 2 atom stereocenters. The number of hydrogen-bond acceptors (Lipinski definition) is 3. The smallest absolute Gasteiger partial charge is 0.168 e. The highest BCUT2D eigenvalue weighted by Gasteiger charge is 2.20. The minimum atomic E-state index is -0.293. The van der Waals surface area contributed by atoms with Crippen LogP contribution in [0.25, 0.3) is 0 Å². The predicted octanol–water partition coefficient (Wildman–Crippen LogP) is 2.13. The highest BCUT2D eigenvalue weighted by molar-refractivity contribution is 5.31. The van der Waals surface area contributed by atoms with Crippen molar-refractivity contribution in [3.05, 3.63) is 29.6 Å². The van der Waals surface area contributed by atoms with Crippen LogP contribution in [0.4, 0.5) is 4.39 Å². The number of methoxy groups -OCH3 is 1. The van der Waals surface area contributed by atoms with Crippen LogP contribution in [0.2, 0.25) is 0 Å². The van der Waals surface area contributed by atoms with Crippen molar-refractivity contribution in [2.75, 3.05) is 20.3 Å². The van der Waals surface area contributed by atoms with Gasteiger partial charge in [0.05, 0.1) is 7.11 Å². The molecular weight excluding hydrogens is 233 g/mol. The topological polar surface area (TPSA) is 44.5 Å². The Hall–Kier alpha value is -1.13. The van der Waals surface area contributed by atoms with E-state index in [-0.39, 0.29) is 17.6 Å². The number of rotatable bonds is 5. The van der Waals surface area contributed by atoms with E-state index in [1.165, 1.54) is 7.11 Å². The van der Waals surface area contributed by atoms with Gasteiger partial charge in [-0.1, -0.05) is 12.1 Å². The highest BCUT2D eigenvalue weighted by atomic mass is 19.1. The predicted molar refractivity (Wildman–Crippen MR) is 68.2 cm³/mol. The first-order valence-corrected chi connectivity index (χ1v) is 6.35. The van der Waals surface area contributed by atoms with Gasteiger partial charge < -0.3 is 15.2 Å². The van der Waals surface area contributed by atoms with E-state index < -0.39 is 0 Å². The monoisotopic (exact) mass is 253 g/mol. The molecule has 1 aromatic carbocycles. The summed E-state index contributed by atoms with van der Waals surface area (Å²) < 4.78 is 24.2. The summed E-state index contributed by atoms with van der Waals surface area (Å²) in [6.07, 6.45) is 2.49. The first-order valence-electron chi connectivity index (χ1n) is 6.35. The molecule has 3 nitrogen and oxygen atoms in total. The Kier molecular flexibility index (Phi) is 4.55. The molecule has 18 heavy (non-hydrogen) atoms. The van der Waals surface area contributed by atoms with Crippen LogP contribution in [0.5, 0.6) is 5.75 Å². The van der Waals surface area contributed by atoms with Gasteiger partial charge in [0, 0.05) is 19.3 Å². The second kappa shape index (κ2) is 6.16. The lowest BCUT2D eigenvalue weighted by Gasteiger charge is -2.16. The fraction of sp³-hybridized carbons (Fsp3) is 0.571. The number of ether oxygens (including phenoxy) is 2. The molecule has 1 aromatic rings. The molecule has 0 radical (unpaired) electrons. The molecule has 1 fully saturated rings. The normalized spacial score (nSPS) is 20.9. The van der Waals surface area contributed by atoms with E-state index in [1.807, 2.05) is 0 Å². The number of nitrogens with two attached hydrogens (primary N) is 1. The lowest BCUT2D eigenvalue weighted by molar-refractivity contribution is 0.182. The maximum absolute atomic E-state index is 13.9. The molecule has 100 valence electrons. The van der Waals surface area contributed by atoms with Gasteiger partial charge in [-0.2, -0.15) is 0 Å². The number of halogens is 1. The Balaban J connectivity index is 1.95. The summed E-state index contributed by atoms with van der Waals surface area (Å²) in [7, 11) is 1.47. The number of hydrogen-bond donors (Lipinski definition) is 1. The summed E-state index contributed by atoms with van der Waals surface area (Å²) in [6, 6.07) is 5.15. The molecule has 1 aliphatic heterocycles. The largest absolute Gasteiger partial charge is 0.494 e. The summed E-state index contributed by atoms with van der Waals surface area (Å²) >= 11 is 0. The zero-order valence-corrected chi connectivity index (χ0v) is 10.7. The van der Waals surface area contributed by atoms with Crippen LogP contribution in [-0.4, -0.2) is 26.4 Å². The van der Waals surface area contributed by atoms with Gasteiger partial charge in [-0.25, -0.2) is 4.39 Å². The van der Waals surface area contributed by atoms with E-state index in [0.717, 1.165) is 26.1 Å². The summed E-state index contributed by atoms with van der Waals surface area (Å²) in [5.41, 5.74) is 6.71. The molecule has 1 aliphatic rings. The third-order valence-electron chi connectivity index (χ3n) is 3.41. The molecule has 0 amide bonds. The average Bonchev–Trinajstić information content (AvgIpc) is 2.84. The Labute approximate surface area is 107 Å². The van der Waals surface area contributed by atoms with Gasteiger partial charge in [0.2, 0.25) is 0 Å². The van der Waals surface area contributed by atoms with E-state index in [0.29, 0.717) is 17.9 Å². The van der Waals surface area contributed by atoms with Crippen molar-refractivity contribution < 1.29 is 13.9 Å². The van der Waals surface area contributed by atoms with Crippen LogP contribution < -0.4 is 10.5 Å². The Morgan fingerprint density at radius 2 is 2.39 bits per heavy atom. The first-order chi connectivity index (χ1) is 8.70. The van der Waals surface area contributed by atoms with Crippen molar-refractivity contribution in [3.8, 4) is 5.75 Å². The standard InChI is InChI=1S/C14H20FNO2/c1-17-13-4-2-3-11(14(13)15)8-12(16)7-10-5-6-18-9-10/h2-4,10,12H,5-9,16H2,1H3. The average molecular weight is 253 g/mol. The maximum Gasteiger partial charge on any atom is 0.168 e. The Morgan fingerprint density at radius 1 is 1.56 bits per heavy atom. The minimum absolute atomic E-state index is 0.0293. The van der Waals surface area contributed by atoms with E-state index in [2.05, 4.69) is 0 Å². The molecule has 1 heterocycles. The maximum atomic E-state index is 13.9. The molecular formula is C14H20FNO2. The van der Waals surface area contributed by atoms with Crippen molar-refractivity contribution in [1.29, 1.82) is 0 Å². The number of benzene rings is 1.